The maximum absolute atomic E-state index is 10.9. The molecule has 0 aliphatic rings. The molecule has 0 heterocycles. The van der Waals surface area contributed by atoms with Gasteiger partial charge in [-0.1, -0.05) is 41.7 Å². The van der Waals surface area contributed by atoms with Crippen LogP contribution in [0.2, 0.25) is 0 Å². The minimum Gasteiger partial charge on any atom is -0.277 e. The Kier molecular flexibility index (Phi) is 3.98. The molecule has 0 saturated carbocycles. The molecule has 1 nitrogen and oxygen atoms in total. The minimum absolute atomic E-state index is 0.588. The third kappa shape index (κ3) is 4.42. The Morgan fingerprint density at radius 1 is 1.25 bits per heavy atom. The first-order chi connectivity index (χ1) is 5.58. The Labute approximate surface area is 85.1 Å². The smallest absolute Gasteiger partial charge is 0.277 e. The number of rotatable bonds is 3. The summed E-state index contributed by atoms with van der Waals surface area (Å²) in [7, 11) is 0. The van der Waals surface area contributed by atoms with Crippen molar-refractivity contribution in [2.45, 2.75) is 5.75 Å². The molecule has 0 N–H and O–H groups in total. The second-order valence-corrected chi connectivity index (χ2v) is 10.4. The molecule has 1 rings (SSSR count). The van der Waals surface area contributed by atoms with Gasteiger partial charge in [0.2, 0.25) is 0 Å². The maximum atomic E-state index is 10.9. The van der Waals surface area contributed by atoms with Gasteiger partial charge < -0.3 is 0 Å². The fraction of sp³-hybridized carbons (Fsp3) is 0.143. The highest BCUT2D eigenvalue weighted by molar-refractivity contribution is 8.72. The Balaban J connectivity index is 2.50. The molecular weight excluding hydrogens is 234 g/mol. The van der Waals surface area contributed by atoms with E-state index in [-0.39, 0.29) is 0 Å². The summed E-state index contributed by atoms with van der Waals surface area (Å²) in [5, 5.41) is -2.97. The molecule has 5 heteroatoms. The van der Waals surface area contributed by atoms with Gasteiger partial charge in [-0.15, -0.1) is 0 Å². The molecule has 0 atom stereocenters. The van der Waals surface area contributed by atoms with Crippen molar-refractivity contribution in [2.75, 3.05) is 0 Å². The topological polar surface area (TPSA) is 17.1 Å². The maximum Gasteiger partial charge on any atom is 0.307 e. The lowest BCUT2D eigenvalue weighted by molar-refractivity contribution is 0.600. The fourth-order valence-corrected chi connectivity index (χ4v) is 2.99. The van der Waals surface area contributed by atoms with Crippen molar-refractivity contribution in [3.05, 3.63) is 35.9 Å². The van der Waals surface area contributed by atoms with Crippen molar-refractivity contribution in [3.8, 4) is 0 Å². The molecule has 0 unspecified atom stereocenters. The van der Waals surface area contributed by atoms with Crippen molar-refractivity contribution >= 4 is 38.9 Å². The molecular formula is C7H7Cl2OPS. The van der Waals surface area contributed by atoms with Crippen molar-refractivity contribution in [1.29, 1.82) is 0 Å². The van der Waals surface area contributed by atoms with Gasteiger partial charge in [-0.2, -0.15) is 0 Å². The number of hydrogen-bond donors (Lipinski definition) is 0. The van der Waals surface area contributed by atoms with E-state index < -0.39 is 5.05 Å². The summed E-state index contributed by atoms with van der Waals surface area (Å²) in [5.74, 6) is 0.588. The molecule has 0 aliphatic carbocycles. The van der Waals surface area contributed by atoms with Gasteiger partial charge in [-0.05, 0) is 28.0 Å². The first-order valence-electron chi connectivity index (χ1n) is 3.26. The lowest BCUT2D eigenvalue weighted by Gasteiger charge is -2.00. The van der Waals surface area contributed by atoms with Crippen molar-refractivity contribution < 1.29 is 4.57 Å². The van der Waals surface area contributed by atoms with E-state index in [1.165, 1.54) is 0 Å². The number of benzene rings is 1. The molecule has 1 aromatic rings. The highest BCUT2D eigenvalue weighted by atomic mass is 35.9. The average Bonchev–Trinajstić information content (AvgIpc) is 2.02. The lowest BCUT2D eigenvalue weighted by Crippen LogP contribution is -1.75. The second-order valence-electron chi connectivity index (χ2n) is 2.17. The zero-order valence-corrected chi connectivity index (χ0v) is 9.34. The quantitative estimate of drug-likeness (QED) is 0.724. The average molecular weight is 241 g/mol. The molecule has 0 spiro atoms. The van der Waals surface area contributed by atoms with Gasteiger partial charge in [0, 0.05) is 5.75 Å². The van der Waals surface area contributed by atoms with Gasteiger partial charge >= 0.3 is 5.05 Å². The van der Waals surface area contributed by atoms with Crippen LogP contribution >= 0.6 is 38.9 Å². The van der Waals surface area contributed by atoms with E-state index in [0.29, 0.717) is 5.75 Å². The van der Waals surface area contributed by atoms with Gasteiger partial charge in [-0.25, -0.2) is 0 Å². The monoisotopic (exact) mass is 240 g/mol. The Morgan fingerprint density at radius 2 is 1.83 bits per heavy atom. The number of halogens is 2. The van der Waals surface area contributed by atoms with Crippen LogP contribution in [0.4, 0.5) is 0 Å². The molecule has 0 fully saturated rings. The zero-order chi connectivity index (χ0) is 9.03. The summed E-state index contributed by atoms with van der Waals surface area (Å²) in [4.78, 5) is 0. The molecule has 0 amide bonds. The first kappa shape index (κ1) is 10.5. The van der Waals surface area contributed by atoms with Gasteiger partial charge in [0.25, 0.3) is 0 Å². The molecule has 0 bridgehead atoms. The molecule has 0 radical (unpaired) electrons. The standard InChI is InChI=1S/C7H7Cl2OPS/c8-11(9,10)12-6-7-4-2-1-3-5-7/h1-5H,6H2. The first-order valence-corrected chi connectivity index (χ1v) is 8.36. The predicted molar refractivity (Wildman–Crippen MR) is 57.0 cm³/mol. The van der Waals surface area contributed by atoms with E-state index in [1.807, 2.05) is 30.3 Å². The molecule has 0 aliphatic heterocycles. The predicted octanol–water partition coefficient (Wildman–Crippen LogP) is 4.51. The molecule has 12 heavy (non-hydrogen) atoms. The molecule has 0 saturated heterocycles. The third-order valence-corrected chi connectivity index (χ3v) is 5.03. The summed E-state index contributed by atoms with van der Waals surface area (Å²) in [6.07, 6.45) is 0. The fourth-order valence-electron chi connectivity index (χ4n) is 0.724. The molecule has 0 aromatic heterocycles. The van der Waals surface area contributed by atoms with Gasteiger partial charge in [0.05, 0.1) is 0 Å². The van der Waals surface area contributed by atoms with Crippen LogP contribution in [0.25, 0.3) is 0 Å². The summed E-state index contributed by atoms with van der Waals surface area (Å²) >= 11 is 11.8. The summed E-state index contributed by atoms with van der Waals surface area (Å²) in [6.45, 7) is 0. The van der Waals surface area contributed by atoms with Crippen LogP contribution in [0.1, 0.15) is 5.56 Å². The van der Waals surface area contributed by atoms with Crippen LogP contribution in [0.5, 0.6) is 0 Å². The van der Waals surface area contributed by atoms with Gasteiger partial charge in [0.1, 0.15) is 0 Å². The highest BCUT2D eigenvalue weighted by Gasteiger charge is 2.13. The van der Waals surface area contributed by atoms with Crippen LogP contribution < -0.4 is 0 Å². The Hall–Kier alpha value is 0.380. The zero-order valence-electron chi connectivity index (χ0n) is 6.11. The second kappa shape index (κ2) is 4.57. The lowest BCUT2D eigenvalue weighted by atomic mass is 10.2. The van der Waals surface area contributed by atoms with E-state index in [0.717, 1.165) is 16.9 Å². The van der Waals surface area contributed by atoms with Gasteiger partial charge in [-0.3, -0.25) is 4.57 Å². The highest BCUT2D eigenvalue weighted by Crippen LogP contribution is 2.68. The van der Waals surface area contributed by atoms with Crippen LogP contribution in [0.3, 0.4) is 0 Å². The van der Waals surface area contributed by atoms with Gasteiger partial charge in [0.15, 0.2) is 0 Å². The summed E-state index contributed by atoms with van der Waals surface area (Å²) in [6, 6.07) is 9.65. The van der Waals surface area contributed by atoms with Crippen LogP contribution in [0, 0.1) is 0 Å². The van der Waals surface area contributed by atoms with Crippen molar-refractivity contribution in [3.63, 3.8) is 0 Å². The largest absolute Gasteiger partial charge is 0.307 e. The van der Waals surface area contributed by atoms with E-state index in [4.69, 9.17) is 22.5 Å². The normalized spacial score (nSPS) is 11.5. The third-order valence-electron chi connectivity index (χ3n) is 1.22. The minimum atomic E-state index is -2.97. The van der Waals surface area contributed by atoms with E-state index in [2.05, 4.69) is 0 Å². The Morgan fingerprint density at radius 3 is 2.33 bits per heavy atom. The Bertz CT molecular complexity index is 285. The van der Waals surface area contributed by atoms with Crippen LogP contribution in [-0.2, 0) is 10.3 Å². The van der Waals surface area contributed by atoms with Crippen LogP contribution in [-0.4, -0.2) is 0 Å². The van der Waals surface area contributed by atoms with Crippen molar-refractivity contribution in [2.24, 2.45) is 0 Å². The molecule has 66 valence electrons. The summed E-state index contributed by atoms with van der Waals surface area (Å²) < 4.78 is 10.9. The molecule has 1 aromatic carbocycles. The van der Waals surface area contributed by atoms with Crippen molar-refractivity contribution in [1.82, 2.24) is 0 Å². The van der Waals surface area contributed by atoms with E-state index in [9.17, 15) is 4.57 Å². The van der Waals surface area contributed by atoms with Crippen LogP contribution in [0.15, 0.2) is 30.3 Å². The summed E-state index contributed by atoms with van der Waals surface area (Å²) in [5.41, 5.74) is 1.07. The van der Waals surface area contributed by atoms with E-state index in [1.54, 1.807) is 0 Å². The van der Waals surface area contributed by atoms with E-state index >= 15 is 0 Å². The number of hydrogen-bond acceptors (Lipinski definition) is 2. The SMILES string of the molecule is O=P(Cl)(Cl)SCc1ccccc1.